The molecule has 0 saturated heterocycles. The normalized spacial score (nSPS) is 17.0. The summed E-state index contributed by atoms with van der Waals surface area (Å²) in [6, 6.07) is 3.64. The SMILES string of the molecule is COC(=O)Cc1ccc(NC(=O)[C@@H](N)C2CCCCCC2)c(F)c1. The molecule has 0 aromatic heterocycles. The highest BCUT2D eigenvalue weighted by molar-refractivity contribution is 5.95. The second kappa shape index (κ2) is 8.78. The molecule has 1 aliphatic carbocycles. The Kier molecular flexibility index (Phi) is 6.73. The van der Waals surface area contributed by atoms with Crippen LogP contribution < -0.4 is 11.1 Å². The number of ether oxygens (including phenoxy) is 1. The number of nitrogens with two attached hydrogens (primary N) is 1. The fourth-order valence-corrected chi connectivity index (χ4v) is 3.11. The molecule has 2 rings (SSSR count). The van der Waals surface area contributed by atoms with Crippen molar-refractivity contribution in [3.8, 4) is 0 Å². The summed E-state index contributed by atoms with van der Waals surface area (Å²) in [5.74, 6) is -1.24. The number of hydrogen-bond acceptors (Lipinski definition) is 4. The number of carbonyl (C=O) groups is 2. The number of carbonyl (C=O) groups excluding carboxylic acids is 2. The van der Waals surface area contributed by atoms with Crippen LogP contribution in [0.4, 0.5) is 10.1 Å². The minimum absolute atomic E-state index is 0.0107. The molecule has 6 heteroatoms. The summed E-state index contributed by atoms with van der Waals surface area (Å²) in [6.45, 7) is 0. The van der Waals surface area contributed by atoms with E-state index in [1.54, 1.807) is 6.07 Å². The lowest BCUT2D eigenvalue weighted by atomic mass is 9.92. The average Bonchev–Trinajstić information content (AvgIpc) is 2.85. The molecule has 5 nitrogen and oxygen atoms in total. The lowest BCUT2D eigenvalue weighted by molar-refractivity contribution is -0.139. The minimum Gasteiger partial charge on any atom is -0.469 e. The molecule has 1 aromatic carbocycles. The summed E-state index contributed by atoms with van der Waals surface area (Å²) >= 11 is 0. The third-order valence-corrected chi connectivity index (χ3v) is 4.58. The van der Waals surface area contributed by atoms with Crippen LogP contribution in [0, 0.1) is 11.7 Å². The van der Waals surface area contributed by atoms with Gasteiger partial charge in [-0.05, 0) is 36.5 Å². The molecule has 0 aliphatic heterocycles. The maximum atomic E-state index is 14.1. The van der Waals surface area contributed by atoms with Gasteiger partial charge in [0.2, 0.25) is 5.91 Å². The fourth-order valence-electron chi connectivity index (χ4n) is 3.11. The van der Waals surface area contributed by atoms with E-state index in [9.17, 15) is 14.0 Å². The molecule has 1 saturated carbocycles. The Morgan fingerprint density at radius 3 is 2.54 bits per heavy atom. The number of hydrogen-bond donors (Lipinski definition) is 2. The standard InChI is InChI=1S/C18H25FN2O3/c1-24-16(22)11-12-8-9-15(14(19)10-12)21-18(23)17(20)13-6-4-2-3-5-7-13/h8-10,13,17H,2-7,11,20H2,1H3,(H,21,23)/t17-/m0/s1. The van der Waals surface area contributed by atoms with E-state index in [4.69, 9.17) is 5.73 Å². The van der Waals surface area contributed by atoms with Gasteiger partial charge in [0, 0.05) is 0 Å². The number of halogens is 1. The molecular formula is C18H25FN2O3. The number of benzene rings is 1. The predicted octanol–water partition coefficient (Wildman–Crippen LogP) is 2.78. The smallest absolute Gasteiger partial charge is 0.309 e. The summed E-state index contributed by atoms with van der Waals surface area (Å²) < 4.78 is 18.7. The molecule has 0 radical (unpaired) electrons. The number of methoxy groups -OCH3 is 1. The summed E-state index contributed by atoms with van der Waals surface area (Å²) in [5, 5.41) is 2.57. The van der Waals surface area contributed by atoms with Crippen molar-refractivity contribution in [2.75, 3.05) is 12.4 Å². The maximum absolute atomic E-state index is 14.1. The van der Waals surface area contributed by atoms with Gasteiger partial charge in [-0.15, -0.1) is 0 Å². The van der Waals surface area contributed by atoms with Crippen LogP contribution in [0.1, 0.15) is 44.1 Å². The van der Waals surface area contributed by atoms with Gasteiger partial charge in [0.05, 0.1) is 25.3 Å². The first-order valence-electron chi connectivity index (χ1n) is 8.43. The van der Waals surface area contributed by atoms with Gasteiger partial charge < -0.3 is 15.8 Å². The predicted molar refractivity (Wildman–Crippen MR) is 89.9 cm³/mol. The van der Waals surface area contributed by atoms with E-state index < -0.39 is 17.8 Å². The molecule has 3 N–H and O–H groups in total. The van der Waals surface area contributed by atoms with Crippen LogP contribution in [0.25, 0.3) is 0 Å². The Balaban J connectivity index is 1.98. The van der Waals surface area contributed by atoms with Gasteiger partial charge in [-0.25, -0.2) is 4.39 Å². The van der Waals surface area contributed by atoms with E-state index in [1.807, 2.05) is 0 Å². The molecule has 0 spiro atoms. The third-order valence-electron chi connectivity index (χ3n) is 4.58. The first kappa shape index (κ1) is 18.4. The van der Waals surface area contributed by atoms with E-state index in [-0.39, 0.29) is 23.9 Å². The van der Waals surface area contributed by atoms with Gasteiger partial charge >= 0.3 is 5.97 Å². The first-order valence-corrected chi connectivity index (χ1v) is 8.43. The minimum atomic E-state index is -0.628. The van der Waals surface area contributed by atoms with E-state index >= 15 is 0 Å². The summed E-state index contributed by atoms with van der Waals surface area (Å²) in [5.41, 5.74) is 6.65. The maximum Gasteiger partial charge on any atom is 0.309 e. The number of nitrogens with one attached hydrogen (secondary N) is 1. The second-order valence-electron chi connectivity index (χ2n) is 6.33. The van der Waals surface area contributed by atoms with E-state index in [0.717, 1.165) is 25.7 Å². The lowest BCUT2D eigenvalue weighted by Crippen LogP contribution is -2.42. The van der Waals surface area contributed by atoms with Crippen molar-refractivity contribution < 1.29 is 18.7 Å². The molecule has 0 unspecified atom stereocenters. The molecular weight excluding hydrogens is 311 g/mol. The average molecular weight is 336 g/mol. The Bertz CT molecular complexity index is 584. The summed E-state index contributed by atoms with van der Waals surface area (Å²) in [4.78, 5) is 23.5. The van der Waals surface area contributed by atoms with Gasteiger partial charge in [-0.1, -0.05) is 31.7 Å². The van der Waals surface area contributed by atoms with Crippen molar-refractivity contribution >= 4 is 17.6 Å². The first-order chi connectivity index (χ1) is 11.5. The van der Waals surface area contributed by atoms with Crippen LogP contribution >= 0.6 is 0 Å². The molecule has 1 aromatic rings. The van der Waals surface area contributed by atoms with E-state index in [2.05, 4.69) is 10.1 Å². The number of amides is 1. The van der Waals surface area contributed by atoms with Crippen molar-refractivity contribution in [2.24, 2.45) is 11.7 Å². The van der Waals surface area contributed by atoms with Crippen molar-refractivity contribution in [3.63, 3.8) is 0 Å². The van der Waals surface area contributed by atoms with Gasteiger partial charge in [0.15, 0.2) is 0 Å². The third kappa shape index (κ3) is 5.03. The zero-order valence-electron chi connectivity index (χ0n) is 14.0. The van der Waals surface area contributed by atoms with Gasteiger partial charge in [0.1, 0.15) is 5.82 Å². The fraction of sp³-hybridized carbons (Fsp3) is 0.556. The number of rotatable bonds is 5. The monoisotopic (exact) mass is 336 g/mol. The topological polar surface area (TPSA) is 81.4 Å². The Morgan fingerprint density at radius 2 is 1.96 bits per heavy atom. The Labute approximate surface area is 141 Å². The van der Waals surface area contributed by atoms with Crippen LogP contribution in [-0.2, 0) is 20.7 Å². The van der Waals surface area contributed by atoms with Crippen LogP contribution in [0.15, 0.2) is 18.2 Å². The molecule has 24 heavy (non-hydrogen) atoms. The van der Waals surface area contributed by atoms with Crippen molar-refractivity contribution in [1.29, 1.82) is 0 Å². The molecule has 1 fully saturated rings. The summed E-state index contributed by atoms with van der Waals surface area (Å²) in [7, 11) is 1.28. The van der Waals surface area contributed by atoms with Crippen molar-refractivity contribution in [2.45, 2.75) is 51.0 Å². The highest BCUT2D eigenvalue weighted by Gasteiger charge is 2.26. The highest BCUT2D eigenvalue weighted by atomic mass is 19.1. The van der Waals surface area contributed by atoms with E-state index in [1.165, 1.54) is 32.1 Å². The van der Waals surface area contributed by atoms with Gasteiger partial charge in [-0.3, -0.25) is 9.59 Å². The Hall–Kier alpha value is -1.95. The van der Waals surface area contributed by atoms with Crippen molar-refractivity contribution in [1.82, 2.24) is 0 Å². The molecule has 1 amide bonds. The van der Waals surface area contributed by atoms with Gasteiger partial charge in [-0.2, -0.15) is 0 Å². The largest absolute Gasteiger partial charge is 0.469 e. The van der Waals surface area contributed by atoms with Gasteiger partial charge in [0.25, 0.3) is 0 Å². The molecule has 0 heterocycles. The lowest BCUT2D eigenvalue weighted by Gasteiger charge is -2.21. The zero-order chi connectivity index (χ0) is 17.5. The Morgan fingerprint density at radius 1 is 1.29 bits per heavy atom. The second-order valence-corrected chi connectivity index (χ2v) is 6.33. The molecule has 0 bridgehead atoms. The van der Waals surface area contributed by atoms with Crippen LogP contribution in [0.3, 0.4) is 0 Å². The number of esters is 1. The number of anilines is 1. The molecule has 1 atom stereocenters. The highest BCUT2D eigenvalue weighted by Crippen LogP contribution is 2.26. The van der Waals surface area contributed by atoms with Crippen LogP contribution in [0.2, 0.25) is 0 Å². The quantitative estimate of drug-likeness (QED) is 0.640. The van der Waals surface area contributed by atoms with Crippen LogP contribution in [-0.4, -0.2) is 25.0 Å². The summed E-state index contributed by atoms with van der Waals surface area (Å²) in [6.07, 6.45) is 6.40. The molecule has 132 valence electrons. The van der Waals surface area contributed by atoms with Crippen LogP contribution in [0.5, 0.6) is 0 Å². The zero-order valence-corrected chi connectivity index (χ0v) is 14.0. The molecule has 1 aliphatic rings. The van der Waals surface area contributed by atoms with Crippen molar-refractivity contribution in [3.05, 3.63) is 29.6 Å². The van der Waals surface area contributed by atoms with E-state index in [0.29, 0.717) is 5.56 Å².